The third kappa shape index (κ3) is 3.54. The predicted octanol–water partition coefficient (Wildman–Crippen LogP) is 2.72. The van der Waals surface area contributed by atoms with E-state index in [4.69, 9.17) is 11.6 Å². The van der Waals surface area contributed by atoms with Crippen molar-refractivity contribution >= 4 is 33.0 Å². The fraction of sp³-hybridized carbons (Fsp3) is 0.692. The van der Waals surface area contributed by atoms with Gasteiger partial charge < -0.3 is 5.32 Å². The topological polar surface area (TPSA) is 49.4 Å². The molecule has 0 bridgehead atoms. The molecule has 1 aromatic rings. The summed E-state index contributed by atoms with van der Waals surface area (Å²) in [6.07, 6.45) is 2.20. The predicted molar refractivity (Wildman–Crippen MR) is 84.1 cm³/mol. The zero-order valence-corrected chi connectivity index (χ0v) is 14.2. The largest absolute Gasteiger partial charge is 0.316 e. The number of hydrogen-bond donors (Lipinski definition) is 1. The monoisotopic (exact) mass is 336 g/mol. The first kappa shape index (κ1) is 16.2. The highest BCUT2D eigenvalue weighted by molar-refractivity contribution is 7.91. The minimum Gasteiger partial charge on any atom is -0.316 e. The smallest absolute Gasteiger partial charge is 0.252 e. The first-order valence-corrected chi connectivity index (χ1v) is 9.55. The van der Waals surface area contributed by atoms with Crippen LogP contribution >= 0.6 is 22.9 Å². The number of aryl methyl sites for hydroxylation is 1. The number of rotatable bonds is 5. The van der Waals surface area contributed by atoms with Crippen LogP contribution in [0.15, 0.2) is 10.3 Å². The summed E-state index contributed by atoms with van der Waals surface area (Å²) in [5.74, 6) is 0.398. The number of thiophene rings is 1. The van der Waals surface area contributed by atoms with Gasteiger partial charge in [0.2, 0.25) is 0 Å². The standard InChI is InChI=1S/C13H21ClN2O2S2/c1-3-16(9-11-5-4-6-15-8-11)20(17,18)12-7-10(2)13(14)19-12/h7,11,15H,3-6,8-9H2,1-2H3. The quantitative estimate of drug-likeness (QED) is 0.899. The van der Waals surface area contributed by atoms with E-state index in [-0.39, 0.29) is 0 Å². The van der Waals surface area contributed by atoms with Crippen LogP contribution in [0.25, 0.3) is 0 Å². The molecule has 1 aliphatic rings. The average molecular weight is 337 g/mol. The van der Waals surface area contributed by atoms with Crippen LogP contribution in [0.1, 0.15) is 25.3 Å². The van der Waals surface area contributed by atoms with Crippen LogP contribution in [0.5, 0.6) is 0 Å². The van der Waals surface area contributed by atoms with Gasteiger partial charge in [0.05, 0.1) is 4.34 Å². The number of nitrogens with zero attached hydrogens (tertiary/aromatic N) is 1. The molecule has 2 rings (SSSR count). The van der Waals surface area contributed by atoms with Gasteiger partial charge in [-0.15, -0.1) is 11.3 Å². The lowest BCUT2D eigenvalue weighted by molar-refractivity contribution is 0.298. The maximum absolute atomic E-state index is 12.7. The van der Waals surface area contributed by atoms with Gasteiger partial charge in [0.25, 0.3) is 10.0 Å². The molecule has 1 atom stereocenters. The minimum absolute atomic E-state index is 0.352. The van der Waals surface area contributed by atoms with E-state index in [1.807, 2.05) is 13.8 Å². The van der Waals surface area contributed by atoms with Crippen LogP contribution in [0.4, 0.5) is 0 Å². The van der Waals surface area contributed by atoms with E-state index in [0.29, 0.717) is 27.6 Å². The lowest BCUT2D eigenvalue weighted by Crippen LogP contribution is -2.40. The molecular formula is C13H21ClN2O2S2. The van der Waals surface area contributed by atoms with E-state index < -0.39 is 10.0 Å². The summed E-state index contributed by atoms with van der Waals surface area (Å²) < 4.78 is 27.8. The molecular weight excluding hydrogens is 316 g/mol. The Morgan fingerprint density at radius 3 is 2.80 bits per heavy atom. The van der Waals surface area contributed by atoms with Gasteiger partial charge >= 0.3 is 0 Å². The molecule has 1 saturated heterocycles. The van der Waals surface area contributed by atoms with Crippen molar-refractivity contribution in [1.29, 1.82) is 0 Å². The molecule has 1 aliphatic heterocycles. The van der Waals surface area contributed by atoms with Gasteiger partial charge in [0.1, 0.15) is 4.21 Å². The molecule has 7 heteroatoms. The SMILES string of the molecule is CCN(CC1CCCNC1)S(=O)(=O)c1cc(C)c(Cl)s1. The number of piperidine rings is 1. The fourth-order valence-electron chi connectivity index (χ4n) is 2.45. The maximum Gasteiger partial charge on any atom is 0.252 e. The highest BCUT2D eigenvalue weighted by Gasteiger charge is 2.28. The van der Waals surface area contributed by atoms with E-state index in [0.717, 1.165) is 42.8 Å². The Labute approximate surface area is 130 Å². The highest BCUT2D eigenvalue weighted by Crippen LogP contribution is 2.32. The van der Waals surface area contributed by atoms with Gasteiger partial charge in [-0.3, -0.25) is 0 Å². The molecule has 4 nitrogen and oxygen atoms in total. The molecule has 0 saturated carbocycles. The summed E-state index contributed by atoms with van der Waals surface area (Å²) in [6, 6.07) is 1.67. The second-order valence-electron chi connectivity index (χ2n) is 5.19. The lowest BCUT2D eigenvalue weighted by atomic mass is 10.00. The van der Waals surface area contributed by atoms with Crippen LogP contribution in [-0.2, 0) is 10.0 Å². The van der Waals surface area contributed by atoms with Gasteiger partial charge in [0, 0.05) is 13.1 Å². The Morgan fingerprint density at radius 1 is 1.55 bits per heavy atom. The lowest BCUT2D eigenvalue weighted by Gasteiger charge is -2.28. The first-order chi connectivity index (χ1) is 9.45. The molecule has 0 radical (unpaired) electrons. The third-order valence-electron chi connectivity index (χ3n) is 3.64. The van der Waals surface area contributed by atoms with E-state index in [1.54, 1.807) is 10.4 Å². The van der Waals surface area contributed by atoms with Crippen molar-refractivity contribution in [3.63, 3.8) is 0 Å². The molecule has 2 heterocycles. The van der Waals surface area contributed by atoms with Crippen LogP contribution in [0, 0.1) is 12.8 Å². The Bertz CT molecular complexity index is 531. The van der Waals surface area contributed by atoms with Crippen molar-refractivity contribution < 1.29 is 8.42 Å². The second-order valence-corrected chi connectivity index (χ2v) is 9.01. The first-order valence-electron chi connectivity index (χ1n) is 6.92. The molecule has 0 amide bonds. The Balaban J connectivity index is 2.16. The number of halogens is 1. The molecule has 0 spiro atoms. The molecule has 1 aromatic heterocycles. The third-order valence-corrected chi connectivity index (χ3v) is 7.59. The summed E-state index contributed by atoms with van der Waals surface area (Å²) >= 11 is 7.15. The van der Waals surface area contributed by atoms with Gasteiger partial charge in [-0.1, -0.05) is 18.5 Å². The second kappa shape index (κ2) is 6.75. The van der Waals surface area contributed by atoms with E-state index in [1.165, 1.54) is 0 Å². The number of sulfonamides is 1. The molecule has 0 aliphatic carbocycles. The summed E-state index contributed by atoms with van der Waals surface area (Å²) in [4.78, 5) is 0. The summed E-state index contributed by atoms with van der Waals surface area (Å²) in [7, 11) is -3.41. The Morgan fingerprint density at radius 2 is 2.30 bits per heavy atom. The molecule has 1 unspecified atom stereocenters. The van der Waals surface area contributed by atoms with Crippen molar-refractivity contribution in [3.05, 3.63) is 16.0 Å². The highest BCUT2D eigenvalue weighted by atomic mass is 35.5. The fourth-order valence-corrected chi connectivity index (χ4v) is 5.84. The normalized spacial score (nSPS) is 20.5. The number of nitrogens with one attached hydrogen (secondary N) is 1. The van der Waals surface area contributed by atoms with Crippen LogP contribution in [0.2, 0.25) is 4.34 Å². The molecule has 0 aromatic carbocycles. The van der Waals surface area contributed by atoms with Crippen LogP contribution in [0.3, 0.4) is 0 Å². The average Bonchev–Trinajstić information content (AvgIpc) is 2.78. The van der Waals surface area contributed by atoms with Crippen molar-refractivity contribution in [2.75, 3.05) is 26.2 Å². The van der Waals surface area contributed by atoms with Crippen molar-refractivity contribution in [2.24, 2.45) is 5.92 Å². The summed E-state index contributed by atoms with van der Waals surface area (Å²) in [5.41, 5.74) is 0.825. The van der Waals surface area contributed by atoms with Crippen LogP contribution < -0.4 is 5.32 Å². The summed E-state index contributed by atoms with van der Waals surface area (Å²) in [6.45, 7) is 6.73. The zero-order valence-electron chi connectivity index (χ0n) is 11.9. The van der Waals surface area contributed by atoms with Gasteiger partial charge in [-0.05, 0) is 50.4 Å². The molecule has 1 fully saturated rings. The minimum atomic E-state index is -3.41. The van der Waals surface area contributed by atoms with E-state index in [2.05, 4.69) is 5.32 Å². The van der Waals surface area contributed by atoms with Gasteiger partial charge in [0.15, 0.2) is 0 Å². The zero-order chi connectivity index (χ0) is 14.8. The van der Waals surface area contributed by atoms with E-state index >= 15 is 0 Å². The van der Waals surface area contributed by atoms with Crippen molar-refractivity contribution in [2.45, 2.75) is 30.9 Å². The van der Waals surface area contributed by atoms with Crippen LogP contribution in [-0.4, -0.2) is 38.9 Å². The molecule has 1 N–H and O–H groups in total. The van der Waals surface area contributed by atoms with Gasteiger partial charge in [-0.2, -0.15) is 4.31 Å². The Kier molecular flexibility index (Phi) is 5.48. The van der Waals surface area contributed by atoms with E-state index in [9.17, 15) is 8.42 Å². The van der Waals surface area contributed by atoms with Crippen molar-refractivity contribution in [3.8, 4) is 0 Å². The molecule has 114 valence electrons. The maximum atomic E-state index is 12.7. The summed E-state index contributed by atoms with van der Waals surface area (Å²) in [5, 5.41) is 3.33. The van der Waals surface area contributed by atoms with Gasteiger partial charge in [-0.25, -0.2) is 8.42 Å². The molecule has 20 heavy (non-hydrogen) atoms. The Hall–Kier alpha value is -0.140. The van der Waals surface area contributed by atoms with Crippen molar-refractivity contribution in [1.82, 2.24) is 9.62 Å². The number of hydrogen-bond acceptors (Lipinski definition) is 4.